The van der Waals surface area contributed by atoms with Gasteiger partial charge in [0, 0.05) is 26.3 Å². The largest absolute Gasteiger partial charge is 0.330 e. The fraction of sp³-hybridized carbons (Fsp3) is 0.375. The molecule has 136 valence electrons. The maximum absolute atomic E-state index is 13.1. The van der Waals surface area contributed by atoms with E-state index in [0.717, 1.165) is 15.3 Å². The highest BCUT2D eigenvalue weighted by atomic mass is 32.2. The zero-order valence-electron chi connectivity index (χ0n) is 14.4. The van der Waals surface area contributed by atoms with Crippen LogP contribution in [0.1, 0.15) is 25.5 Å². The van der Waals surface area contributed by atoms with Crippen LogP contribution in [-0.4, -0.2) is 17.6 Å². The number of rotatable bonds is 5. The number of aromatic nitrogens is 2. The van der Waals surface area contributed by atoms with E-state index >= 15 is 0 Å². The molecule has 25 heavy (non-hydrogen) atoms. The first-order valence-corrected chi connectivity index (χ1v) is 9.07. The van der Waals surface area contributed by atoms with Crippen LogP contribution in [0, 0.1) is 11.7 Å². The fourth-order valence-corrected chi connectivity index (χ4v) is 3.98. The molecule has 0 saturated heterocycles. The predicted octanol–water partition coefficient (Wildman–Crippen LogP) is 0.899. The summed E-state index contributed by atoms with van der Waals surface area (Å²) in [5.41, 5.74) is -0.957. The Bertz CT molecular complexity index is 992. The Morgan fingerprint density at radius 1 is 1.08 bits per heavy atom. The van der Waals surface area contributed by atoms with Crippen LogP contribution in [0.4, 0.5) is 4.39 Å². The lowest BCUT2D eigenvalue weighted by atomic mass is 9.97. The van der Waals surface area contributed by atoms with Crippen LogP contribution >= 0.6 is 0 Å². The summed E-state index contributed by atoms with van der Waals surface area (Å²) < 4.78 is 42.8. The molecule has 1 N–H and O–H groups in total. The second-order valence-corrected chi connectivity index (χ2v) is 7.83. The van der Waals surface area contributed by atoms with Gasteiger partial charge in [-0.1, -0.05) is 26.0 Å². The van der Waals surface area contributed by atoms with Gasteiger partial charge in [-0.2, -0.15) is 0 Å². The third kappa shape index (κ3) is 3.88. The normalized spacial score (nSPS) is 13.2. The molecule has 1 aromatic carbocycles. The Hall–Kier alpha value is -2.26. The molecule has 0 aliphatic carbocycles. The molecule has 0 amide bonds. The first-order valence-electron chi connectivity index (χ1n) is 7.59. The summed E-state index contributed by atoms with van der Waals surface area (Å²) in [5, 5.41) is 0. The lowest BCUT2D eigenvalue weighted by molar-refractivity contribution is 0.461. The Balaban J connectivity index is 2.51. The summed E-state index contributed by atoms with van der Waals surface area (Å²) >= 11 is 0. The Kier molecular flexibility index (Phi) is 5.28. The van der Waals surface area contributed by atoms with Crippen molar-refractivity contribution in [2.45, 2.75) is 24.8 Å². The number of nitrogens with zero attached hydrogens (tertiary/aromatic N) is 2. The topological polar surface area (TPSA) is 90.2 Å². The van der Waals surface area contributed by atoms with E-state index in [0.29, 0.717) is 5.56 Å². The van der Waals surface area contributed by atoms with E-state index < -0.39 is 38.0 Å². The van der Waals surface area contributed by atoms with Crippen LogP contribution in [0.5, 0.6) is 0 Å². The summed E-state index contributed by atoms with van der Waals surface area (Å²) in [5.74, 6) is -0.585. The maximum Gasteiger partial charge on any atom is 0.330 e. The summed E-state index contributed by atoms with van der Waals surface area (Å²) in [6.45, 7) is 3.60. The second kappa shape index (κ2) is 6.93. The quantitative estimate of drug-likeness (QED) is 0.848. The molecule has 1 aromatic heterocycles. The summed E-state index contributed by atoms with van der Waals surface area (Å²) in [6, 6.07) is 4.80. The summed E-state index contributed by atoms with van der Waals surface area (Å²) in [6.07, 6.45) is 0.995. The van der Waals surface area contributed by atoms with Crippen molar-refractivity contribution in [3.05, 3.63) is 62.7 Å². The molecule has 7 nitrogen and oxygen atoms in total. The van der Waals surface area contributed by atoms with Gasteiger partial charge in [-0.25, -0.2) is 22.3 Å². The van der Waals surface area contributed by atoms with Crippen LogP contribution in [0.2, 0.25) is 0 Å². The maximum atomic E-state index is 13.1. The fourth-order valence-electron chi connectivity index (χ4n) is 2.45. The van der Waals surface area contributed by atoms with E-state index in [9.17, 15) is 22.4 Å². The van der Waals surface area contributed by atoms with Crippen molar-refractivity contribution in [2.75, 3.05) is 0 Å². The monoisotopic (exact) mass is 369 g/mol. The molecule has 1 atom stereocenters. The highest BCUT2D eigenvalue weighted by Crippen LogP contribution is 2.23. The van der Waals surface area contributed by atoms with Gasteiger partial charge in [0.1, 0.15) is 5.82 Å². The van der Waals surface area contributed by atoms with Crippen molar-refractivity contribution in [2.24, 2.45) is 20.0 Å². The number of hydrogen-bond donors (Lipinski definition) is 1. The van der Waals surface area contributed by atoms with Gasteiger partial charge in [-0.05, 0) is 23.6 Å². The van der Waals surface area contributed by atoms with Crippen molar-refractivity contribution < 1.29 is 12.8 Å². The number of aryl methyl sites for hydroxylation is 1. The average Bonchev–Trinajstić information content (AvgIpc) is 2.54. The number of benzene rings is 1. The van der Waals surface area contributed by atoms with Crippen LogP contribution in [0.15, 0.2) is 44.9 Å². The van der Waals surface area contributed by atoms with Crippen LogP contribution in [-0.2, 0) is 24.1 Å². The van der Waals surface area contributed by atoms with Gasteiger partial charge in [0.05, 0.1) is 0 Å². The molecule has 0 saturated carbocycles. The van der Waals surface area contributed by atoms with Crippen molar-refractivity contribution in [3.63, 3.8) is 0 Å². The van der Waals surface area contributed by atoms with Crippen LogP contribution in [0.25, 0.3) is 0 Å². The number of nitrogens with one attached hydrogen (secondary N) is 1. The average molecular weight is 369 g/mol. The lowest BCUT2D eigenvalue weighted by Gasteiger charge is -2.23. The zero-order valence-corrected chi connectivity index (χ0v) is 15.2. The number of hydrogen-bond acceptors (Lipinski definition) is 4. The van der Waals surface area contributed by atoms with Crippen molar-refractivity contribution in [3.8, 4) is 0 Å². The Morgan fingerprint density at radius 3 is 2.16 bits per heavy atom. The van der Waals surface area contributed by atoms with E-state index in [2.05, 4.69) is 4.72 Å². The molecule has 0 aliphatic rings. The molecule has 0 bridgehead atoms. The first kappa shape index (κ1) is 19.1. The molecule has 1 unspecified atom stereocenters. The van der Waals surface area contributed by atoms with Gasteiger partial charge in [-0.3, -0.25) is 9.36 Å². The summed E-state index contributed by atoms with van der Waals surface area (Å²) in [4.78, 5) is 23.4. The third-order valence-corrected chi connectivity index (χ3v) is 5.31. The first-order chi connectivity index (χ1) is 11.5. The Morgan fingerprint density at radius 2 is 1.64 bits per heavy atom. The van der Waals surface area contributed by atoms with Gasteiger partial charge < -0.3 is 4.57 Å². The molecule has 2 aromatic rings. The minimum atomic E-state index is -4.19. The Labute approximate surface area is 144 Å². The van der Waals surface area contributed by atoms with Gasteiger partial charge in [0.25, 0.3) is 5.56 Å². The van der Waals surface area contributed by atoms with Crippen molar-refractivity contribution in [1.29, 1.82) is 0 Å². The SMILES string of the molecule is CC(C)C(NS(=O)(=O)c1cn(C)c(=O)n(C)c1=O)c1ccc(F)cc1. The molecule has 0 radical (unpaired) electrons. The predicted molar refractivity (Wildman–Crippen MR) is 91.2 cm³/mol. The lowest BCUT2D eigenvalue weighted by Crippen LogP contribution is -2.42. The van der Waals surface area contributed by atoms with Gasteiger partial charge in [0.2, 0.25) is 10.0 Å². The molecule has 1 heterocycles. The van der Waals surface area contributed by atoms with Crippen LogP contribution < -0.4 is 16.0 Å². The minimum absolute atomic E-state index is 0.156. The molecular formula is C16H20FN3O4S. The summed E-state index contributed by atoms with van der Waals surface area (Å²) in [7, 11) is -1.62. The highest BCUT2D eigenvalue weighted by Gasteiger charge is 2.27. The molecule has 2 rings (SSSR count). The highest BCUT2D eigenvalue weighted by molar-refractivity contribution is 7.89. The van der Waals surface area contributed by atoms with Gasteiger partial charge in [-0.15, -0.1) is 0 Å². The van der Waals surface area contributed by atoms with E-state index in [1.807, 2.05) is 0 Å². The van der Waals surface area contributed by atoms with E-state index in [-0.39, 0.29) is 5.92 Å². The van der Waals surface area contributed by atoms with E-state index in [1.54, 1.807) is 13.8 Å². The molecule has 0 spiro atoms. The van der Waals surface area contributed by atoms with Crippen molar-refractivity contribution in [1.82, 2.24) is 13.9 Å². The zero-order chi connectivity index (χ0) is 18.9. The van der Waals surface area contributed by atoms with E-state index in [1.165, 1.54) is 38.4 Å². The molecule has 0 aliphatic heterocycles. The van der Waals surface area contributed by atoms with E-state index in [4.69, 9.17) is 0 Å². The minimum Gasteiger partial charge on any atom is -0.302 e. The molecular weight excluding hydrogens is 349 g/mol. The smallest absolute Gasteiger partial charge is 0.302 e. The third-order valence-electron chi connectivity index (χ3n) is 3.88. The number of halogens is 1. The van der Waals surface area contributed by atoms with Gasteiger partial charge in [0.15, 0.2) is 4.90 Å². The number of sulfonamides is 1. The van der Waals surface area contributed by atoms with Gasteiger partial charge >= 0.3 is 5.69 Å². The standard InChI is InChI=1S/C16H20FN3O4S/c1-10(2)14(11-5-7-12(17)8-6-11)18-25(23,24)13-9-19(3)16(22)20(4)15(13)21/h5-10,14,18H,1-4H3. The van der Waals surface area contributed by atoms with Crippen molar-refractivity contribution >= 4 is 10.0 Å². The molecule has 9 heteroatoms. The molecule has 0 fully saturated rings. The second-order valence-electron chi connectivity index (χ2n) is 6.15. The van der Waals surface area contributed by atoms with Crippen LogP contribution in [0.3, 0.4) is 0 Å².